The van der Waals surface area contributed by atoms with Crippen molar-refractivity contribution in [3.8, 4) is 0 Å². The summed E-state index contributed by atoms with van der Waals surface area (Å²) in [6, 6.07) is 0.506. The van der Waals surface area contributed by atoms with Crippen molar-refractivity contribution in [2.75, 3.05) is 24.1 Å². The molecule has 0 atom stereocenters. The molecule has 0 aromatic carbocycles. The smallest absolute Gasteiger partial charge is 0.267 e. The van der Waals surface area contributed by atoms with Gasteiger partial charge in [0.25, 0.3) is 5.91 Å². The number of aromatic nitrogens is 1. The third-order valence-corrected chi connectivity index (χ3v) is 4.43. The topological polar surface area (TPSA) is 71.2 Å². The van der Waals surface area contributed by atoms with Crippen LogP contribution in [0.1, 0.15) is 49.2 Å². The third-order valence-electron chi connectivity index (χ3n) is 3.44. The third kappa shape index (κ3) is 3.18. The summed E-state index contributed by atoms with van der Waals surface area (Å²) >= 11 is 1.38. The first kappa shape index (κ1) is 14.1. The average molecular weight is 282 g/mol. The molecule has 1 aliphatic carbocycles. The van der Waals surface area contributed by atoms with Gasteiger partial charge in [-0.3, -0.25) is 4.79 Å². The van der Waals surface area contributed by atoms with E-state index in [1.165, 1.54) is 30.6 Å². The van der Waals surface area contributed by atoms with Gasteiger partial charge in [-0.15, -0.1) is 0 Å². The highest BCUT2D eigenvalue weighted by molar-refractivity contribution is 7.18. The molecular formula is C13H22N4OS. The fraction of sp³-hybridized carbons (Fsp3) is 0.692. The summed E-state index contributed by atoms with van der Waals surface area (Å²) in [5.41, 5.74) is 5.88. The summed E-state index contributed by atoms with van der Waals surface area (Å²) in [6.45, 7) is 5.52. The van der Waals surface area contributed by atoms with E-state index < -0.39 is 0 Å². The first-order chi connectivity index (χ1) is 9.15. The molecule has 106 valence electrons. The van der Waals surface area contributed by atoms with Crippen LogP contribution in [0, 0.1) is 0 Å². The molecule has 0 spiro atoms. The Balaban J connectivity index is 2.07. The molecule has 0 unspecified atom stereocenters. The predicted octanol–water partition coefficient (Wildman–Crippen LogP) is 2.56. The zero-order chi connectivity index (χ0) is 13.8. The van der Waals surface area contributed by atoms with Gasteiger partial charge in [-0.05, 0) is 32.6 Å². The minimum Gasteiger partial charge on any atom is -0.382 e. The lowest BCUT2D eigenvalue weighted by molar-refractivity contribution is 0.0770. The Morgan fingerprint density at radius 3 is 2.79 bits per heavy atom. The van der Waals surface area contributed by atoms with Crippen molar-refractivity contribution < 1.29 is 4.79 Å². The lowest BCUT2D eigenvalue weighted by Crippen LogP contribution is -2.31. The number of rotatable bonds is 6. The van der Waals surface area contributed by atoms with Crippen LogP contribution in [0.2, 0.25) is 0 Å². The van der Waals surface area contributed by atoms with Crippen LogP contribution in [0.3, 0.4) is 0 Å². The van der Waals surface area contributed by atoms with Crippen molar-refractivity contribution in [2.24, 2.45) is 0 Å². The minimum absolute atomic E-state index is 0.000935. The van der Waals surface area contributed by atoms with Crippen molar-refractivity contribution in [3.63, 3.8) is 0 Å². The van der Waals surface area contributed by atoms with Crippen molar-refractivity contribution >= 4 is 28.2 Å². The standard InChI is InChI=1S/C13H22N4OS/c1-3-8-17(4-2)12(18)10-11(14)16-13(19-10)15-9-6-5-7-9/h9H,3-8,14H2,1-2H3,(H,15,16). The van der Waals surface area contributed by atoms with Gasteiger partial charge in [-0.2, -0.15) is 0 Å². The lowest BCUT2D eigenvalue weighted by Gasteiger charge is -2.25. The molecule has 1 aromatic rings. The summed E-state index contributed by atoms with van der Waals surface area (Å²) in [4.78, 5) is 19.0. The van der Waals surface area contributed by atoms with Crippen LogP contribution < -0.4 is 11.1 Å². The van der Waals surface area contributed by atoms with Gasteiger partial charge in [-0.1, -0.05) is 18.3 Å². The van der Waals surface area contributed by atoms with Crippen molar-refractivity contribution in [2.45, 2.75) is 45.6 Å². The molecule has 1 fully saturated rings. The van der Waals surface area contributed by atoms with E-state index in [1.54, 1.807) is 0 Å². The maximum absolute atomic E-state index is 12.4. The number of thiazole rings is 1. The van der Waals surface area contributed by atoms with Gasteiger partial charge >= 0.3 is 0 Å². The van der Waals surface area contributed by atoms with Crippen LogP contribution in [-0.2, 0) is 0 Å². The summed E-state index contributed by atoms with van der Waals surface area (Å²) in [5.74, 6) is 0.354. The van der Waals surface area contributed by atoms with E-state index in [-0.39, 0.29) is 5.91 Å². The molecule has 0 saturated heterocycles. The monoisotopic (exact) mass is 282 g/mol. The minimum atomic E-state index is 0.000935. The quantitative estimate of drug-likeness (QED) is 0.841. The molecule has 0 radical (unpaired) electrons. The number of carbonyl (C=O) groups is 1. The van der Waals surface area contributed by atoms with Crippen molar-refractivity contribution in [1.82, 2.24) is 9.88 Å². The molecule has 1 saturated carbocycles. The number of carbonyl (C=O) groups excluding carboxylic acids is 1. The van der Waals surface area contributed by atoms with Crippen LogP contribution in [0.15, 0.2) is 0 Å². The molecule has 5 nitrogen and oxygen atoms in total. The highest BCUT2D eigenvalue weighted by Crippen LogP contribution is 2.30. The van der Waals surface area contributed by atoms with E-state index in [4.69, 9.17) is 5.73 Å². The van der Waals surface area contributed by atoms with Crippen LogP contribution >= 0.6 is 11.3 Å². The van der Waals surface area contributed by atoms with E-state index >= 15 is 0 Å². The largest absolute Gasteiger partial charge is 0.382 e. The lowest BCUT2D eigenvalue weighted by atomic mass is 9.93. The number of hydrogen-bond acceptors (Lipinski definition) is 5. The molecule has 0 aliphatic heterocycles. The number of anilines is 2. The fourth-order valence-corrected chi connectivity index (χ4v) is 3.02. The summed E-state index contributed by atoms with van der Waals surface area (Å²) in [7, 11) is 0. The Morgan fingerprint density at radius 1 is 1.53 bits per heavy atom. The second kappa shape index (κ2) is 6.23. The second-order valence-electron chi connectivity index (χ2n) is 4.89. The molecule has 6 heteroatoms. The Morgan fingerprint density at radius 2 is 2.26 bits per heavy atom. The Kier molecular flexibility index (Phi) is 4.63. The SMILES string of the molecule is CCCN(CC)C(=O)c1sc(NC2CCC2)nc1N. The number of amides is 1. The Hall–Kier alpha value is -1.30. The van der Waals surface area contributed by atoms with Gasteiger partial charge < -0.3 is 16.0 Å². The molecule has 1 aromatic heterocycles. The van der Waals surface area contributed by atoms with E-state index in [0.29, 0.717) is 23.3 Å². The average Bonchev–Trinajstić information content (AvgIpc) is 2.71. The molecule has 0 bridgehead atoms. The maximum Gasteiger partial charge on any atom is 0.267 e. The van der Waals surface area contributed by atoms with Gasteiger partial charge in [0.05, 0.1) is 0 Å². The molecule has 3 N–H and O–H groups in total. The van der Waals surface area contributed by atoms with Gasteiger partial charge in [0.2, 0.25) is 0 Å². The van der Waals surface area contributed by atoms with Crippen LogP contribution in [0.5, 0.6) is 0 Å². The van der Waals surface area contributed by atoms with Crippen molar-refractivity contribution in [3.05, 3.63) is 4.88 Å². The van der Waals surface area contributed by atoms with E-state index in [0.717, 1.165) is 18.1 Å². The number of nitrogens with zero attached hydrogens (tertiary/aromatic N) is 2. The van der Waals surface area contributed by atoms with Crippen LogP contribution in [0.4, 0.5) is 10.9 Å². The molecule has 1 heterocycles. The van der Waals surface area contributed by atoms with Gasteiger partial charge in [0.15, 0.2) is 5.13 Å². The summed E-state index contributed by atoms with van der Waals surface area (Å²) < 4.78 is 0. The van der Waals surface area contributed by atoms with Gasteiger partial charge in [0.1, 0.15) is 10.7 Å². The Labute approximate surface area is 118 Å². The maximum atomic E-state index is 12.4. The van der Waals surface area contributed by atoms with E-state index in [9.17, 15) is 4.79 Å². The Bertz CT molecular complexity index is 442. The predicted molar refractivity (Wildman–Crippen MR) is 79.7 cm³/mol. The number of nitrogens with two attached hydrogens (primary N) is 1. The number of hydrogen-bond donors (Lipinski definition) is 2. The van der Waals surface area contributed by atoms with Gasteiger partial charge in [0, 0.05) is 19.1 Å². The normalized spacial score (nSPS) is 15.1. The fourth-order valence-electron chi connectivity index (χ4n) is 2.09. The van der Waals surface area contributed by atoms with E-state index in [2.05, 4.69) is 17.2 Å². The molecule has 2 rings (SSSR count). The summed E-state index contributed by atoms with van der Waals surface area (Å²) in [5, 5.41) is 4.12. The first-order valence-corrected chi connectivity index (χ1v) is 7.79. The molecule has 1 aliphatic rings. The summed E-state index contributed by atoms with van der Waals surface area (Å²) in [6.07, 6.45) is 4.58. The van der Waals surface area contributed by atoms with E-state index in [1.807, 2.05) is 11.8 Å². The van der Waals surface area contributed by atoms with Crippen LogP contribution in [0.25, 0.3) is 0 Å². The zero-order valence-corrected chi connectivity index (χ0v) is 12.4. The van der Waals surface area contributed by atoms with Crippen LogP contribution in [-0.4, -0.2) is 34.9 Å². The van der Waals surface area contributed by atoms with Gasteiger partial charge in [-0.25, -0.2) is 4.98 Å². The number of nitrogens with one attached hydrogen (secondary N) is 1. The molecule has 19 heavy (non-hydrogen) atoms. The molecular weight excluding hydrogens is 260 g/mol. The first-order valence-electron chi connectivity index (χ1n) is 6.97. The highest BCUT2D eigenvalue weighted by Gasteiger charge is 2.23. The molecule has 1 amide bonds. The number of nitrogen functional groups attached to an aromatic ring is 1. The van der Waals surface area contributed by atoms with Crippen molar-refractivity contribution in [1.29, 1.82) is 0 Å². The highest BCUT2D eigenvalue weighted by atomic mass is 32.1. The zero-order valence-electron chi connectivity index (χ0n) is 11.6. The second-order valence-corrected chi connectivity index (χ2v) is 5.89.